The Bertz CT molecular complexity index is 1400. The summed E-state index contributed by atoms with van der Waals surface area (Å²) < 4.78 is 1.94. The van der Waals surface area contributed by atoms with E-state index in [1.807, 2.05) is 30.3 Å². The summed E-state index contributed by atoms with van der Waals surface area (Å²) in [5.41, 5.74) is 1.52. The highest BCUT2D eigenvalue weighted by Gasteiger charge is 2.33. The summed E-state index contributed by atoms with van der Waals surface area (Å²) in [6.07, 6.45) is 7.65. The molecule has 1 aliphatic carbocycles. The maximum atomic E-state index is 13.5. The highest BCUT2D eigenvalue weighted by molar-refractivity contribution is 8.26. The molecule has 180 valence electrons. The topological polar surface area (TPSA) is 66.7 Å². The molecule has 1 aliphatic heterocycles. The molecule has 35 heavy (non-hydrogen) atoms. The third-order valence-electron chi connectivity index (χ3n) is 6.56. The predicted molar refractivity (Wildman–Crippen MR) is 147 cm³/mol. The number of thioether (sulfide) groups is 1. The van der Waals surface area contributed by atoms with Crippen LogP contribution in [0.25, 0.3) is 11.7 Å². The molecule has 0 atom stereocenters. The number of hydrogen-bond donors (Lipinski definition) is 1. The van der Waals surface area contributed by atoms with E-state index in [-0.39, 0.29) is 24.1 Å². The quantitative estimate of drug-likeness (QED) is 0.339. The Kier molecular flexibility index (Phi) is 6.95. The van der Waals surface area contributed by atoms with Gasteiger partial charge in [-0.05, 0) is 61.4 Å². The zero-order valence-corrected chi connectivity index (χ0v) is 21.6. The van der Waals surface area contributed by atoms with Gasteiger partial charge < -0.3 is 5.32 Å². The number of carbonyl (C=O) groups excluding carboxylic acids is 1. The number of benzene rings is 1. The molecule has 3 heterocycles. The number of pyridine rings is 1. The first-order chi connectivity index (χ1) is 16.9. The SMILES string of the molecule is CC1CCC(Nc2nc3ccccn3c(=O)c2C=C2SC(=S)N(Cc3ccccc3Cl)C2=O)CC1. The van der Waals surface area contributed by atoms with Crippen molar-refractivity contribution < 1.29 is 4.79 Å². The number of fused-ring (bicyclic) bond motifs is 1. The van der Waals surface area contributed by atoms with Gasteiger partial charge in [0.25, 0.3) is 11.5 Å². The summed E-state index contributed by atoms with van der Waals surface area (Å²) in [6.45, 7) is 2.55. The van der Waals surface area contributed by atoms with E-state index in [9.17, 15) is 9.59 Å². The van der Waals surface area contributed by atoms with Crippen LogP contribution in [0.5, 0.6) is 0 Å². The number of amides is 1. The first-order valence-corrected chi connectivity index (χ1v) is 13.3. The second-order valence-electron chi connectivity index (χ2n) is 9.07. The van der Waals surface area contributed by atoms with E-state index in [2.05, 4.69) is 12.2 Å². The molecule has 1 saturated heterocycles. The molecule has 3 aromatic rings. The number of rotatable bonds is 5. The molecule has 6 nitrogen and oxygen atoms in total. The summed E-state index contributed by atoms with van der Waals surface area (Å²) in [7, 11) is 0. The highest BCUT2D eigenvalue weighted by Crippen LogP contribution is 2.35. The van der Waals surface area contributed by atoms with Gasteiger partial charge in [0.2, 0.25) is 0 Å². The smallest absolute Gasteiger partial charge is 0.267 e. The number of carbonyl (C=O) groups is 1. The van der Waals surface area contributed by atoms with E-state index >= 15 is 0 Å². The third kappa shape index (κ3) is 5.01. The van der Waals surface area contributed by atoms with Gasteiger partial charge in [-0.3, -0.25) is 18.9 Å². The second kappa shape index (κ2) is 10.1. The van der Waals surface area contributed by atoms with Crippen molar-refractivity contribution in [1.82, 2.24) is 14.3 Å². The number of thiocarbonyl (C=S) groups is 1. The fourth-order valence-electron chi connectivity index (χ4n) is 4.50. The van der Waals surface area contributed by atoms with E-state index in [0.29, 0.717) is 37.2 Å². The summed E-state index contributed by atoms with van der Waals surface area (Å²) in [6, 6.07) is 13.1. The van der Waals surface area contributed by atoms with Crippen LogP contribution in [0.1, 0.15) is 43.7 Å². The van der Waals surface area contributed by atoms with Gasteiger partial charge in [-0.15, -0.1) is 0 Å². The van der Waals surface area contributed by atoms with E-state index in [1.165, 1.54) is 21.1 Å². The van der Waals surface area contributed by atoms with Crippen molar-refractivity contribution in [1.29, 1.82) is 0 Å². The monoisotopic (exact) mass is 524 g/mol. The van der Waals surface area contributed by atoms with Crippen LogP contribution < -0.4 is 10.9 Å². The van der Waals surface area contributed by atoms with Gasteiger partial charge in [-0.25, -0.2) is 4.98 Å². The second-order valence-corrected chi connectivity index (χ2v) is 11.2. The molecule has 1 aromatic carbocycles. The van der Waals surface area contributed by atoms with Crippen molar-refractivity contribution in [3.05, 3.63) is 80.1 Å². The van der Waals surface area contributed by atoms with Crippen LogP contribution in [0.3, 0.4) is 0 Å². The number of anilines is 1. The van der Waals surface area contributed by atoms with E-state index in [0.717, 1.165) is 31.2 Å². The summed E-state index contributed by atoms with van der Waals surface area (Å²) in [4.78, 5) is 33.5. The van der Waals surface area contributed by atoms with Crippen LogP contribution in [-0.2, 0) is 11.3 Å². The highest BCUT2D eigenvalue weighted by atomic mass is 35.5. The Labute approximate surface area is 218 Å². The van der Waals surface area contributed by atoms with Gasteiger partial charge in [0, 0.05) is 17.3 Å². The number of nitrogens with zero attached hydrogens (tertiary/aromatic N) is 3. The predicted octanol–water partition coefficient (Wildman–Crippen LogP) is 5.74. The van der Waals surface area contributed by atoms with Crippen molar-refractivity contribution >= 4 is 63.3 Å². The average molecular weight is 525 g/mol. The lowest BCUT2D eigenvalue weighted by atomic mass is 9.87. The summed E-state index contributed by atoms with van der Waals surface area (Å²) >= 11 is 13.0. The Balaban J connectivity index is 1.51. The molecule has 0 bridgehead atoms. The van der Waals surface area contributed by atoms with Crippen molar-refractivity contribution in [3.63, 3.8) is 0 Å². The Hall–Kier alpha value is -2.68. The van der Waals surface area contributed by atoms with Crippen molar-refractivity contribution in [2.75, 3.05) is 5.32 Å². The van der Waals surface area contributed by atoms with Gasteiger partial charge in [0.05, 0.1) is 17.0 Å². The minimum atomic E-state index is -0.241. The molecule has 2 aromatic heterocycles. The number of halogens is 1. The molecule has 2 aliphatic rings. The van der Waals surface area contributed by atoms with E-state index in [4.69, 9.17) is 28.8 Å². The zero-order chi connectivity index (χ0) is 24.5. The number of hydrogen-bond acceptors (Lipinski definition) is 6. The first kappa shape index (κ1) is 24.0. The molecule has 1 N–H and O–H groups in total. The largest absolute Gasteiger partial charge is 0.367 e. The molecular formula is C26H25ClN4O2S2. The van der Waals surface area contributed by atoms with Crippen molar-refractivity contribution in [2.24, 2.45) is 5.92 Å². The van der Waals surface area contributed by atoms with E-state index in [1.54, 1.807) is 24.4 Å². The van der Waals surface area contributed by atoms with Crippen LogP contribution in [0.15, 0.2) is 58.4 Å². The number of aromatic nitrogens is 2. The molecule has 0 unspecified atom stereocenters. The van der Waals surface area contributed by atoms with Gasteiger partial charge in [-0.2, -0.15) is 0 Å². The lowest BCUT2D eigenvalue weighted by Gasteiger charge is -2.27. The lowest BCUT2D eigenvalue weighted by molar-refractivity contribution is -0.122. The molecule has 0 radical (unpaired) electrons. The number of nitrogens with one attached hydrogen (secondary N) is 1. The van der Waals surface area contributed by atoms with Crippen LogP contribution in [0.2, 0.25) is 5.02 Å². The van der Waals surface area contributed by atoms with Gasteiger partial charge in [0.15, 0.2) is 0 Å². The zero-order valence-electron chi connectivity index (χ0n) is 19.2. The Morgan fingerprint density at radius 3 is 2.66 bits per heavy atom. The first-order valence-electron chi connectivity index (χ1n) is 11.7. The minimum Gasteiger partial charge on any atom is -0.367 e. The molecule has 1 amide bonds. The fraction of sp³-hybridized carbons (Fsp3) is 0.308. The van der Waals surface area contributed by atoms with Crippen molar-refractivity contribution in [2.45, 2.75) is 45.2 Å². The molecule has 2 fully saturated rings. The maximum Gasteiger partial charge on any atom is 0.267 e. The Morgan fingerprint density at radius 1 is 1.14 bits per heavy atom. The summed E-state index contributed by atoms with van der Waals surface area (Å²) in [5, 5.41) is 4.09. The van der Waals surface area contributed by atoms with E-state index < -0.39 is 0 Å². The molecule has 1 saturated carbocycles. The van der Waals surface area contributed by atoms with Crippen LogP contribution in [0.4, 0.5) is 5.82 Å². The molecular weight excluding hydrogens is 500 g/mol. The van der Waals surface area contributed by atoms with Gasteiger partial charge >= 0.3 is 0 Å². The minimum absolute atomic E-state index is 0.223. The van der Waals surface area contributed by atoms with Gasteiger partial charge in [0.1, 0.15) is 15.8 Å². The fourth-order valence-corrected chi connectivity index (χ4v) is 5.94. The average Bonchev–Trinajstić information content (AvgIpc) is 3.11. The van der Waals surface area contributed by atoms with Crippen LogP contribution >= 0.6 is 35.6 Å². The maximum absolute atomic E-state index is 13.5. The van der Waals surface area contributed by atoms with Crippen LogP contribution in [0, 0.1) is 5.92 Å². The van der Waals surface area contributed by atoms with Crippen molar-refractivity contribution in [3.8, 4) is 0 Å². The summed E-state index contributed by atoms with van der Waals surface area (Å²) in [5.74, 6) is 0.981. The normalized spacial score (nSPS) is 21.8. The molecule has 9 heteroatoms. The Morgan fingerprint density at radius 2 is 1.89 bits per heavy atom. The standard InChI is InChI=1S/C26H25ClN4O2S2/c1-16-9-11-18(12-10-16)28-23-19(24(32)30-13-5-4-8-22(30)29-23)14-21-25(33)31(26(34)35-21)15-17-6-2-3-7-20(17)27/h2-8,13-14,16,18,28H,9-12,15H2,1H3. The molecule has 0 spiro atoms. The lowest BCUT2D eigenvalue weighted by Crippen LogP contribution is -2.29. The van der Waals surface area contributed by atoms with Crippen LogP contribution in [-0.4, -0.2) is 30.6 Å². The van der Waals surface area contributed by atoms with Gasteiger partial charge in [-0.1, -0.05) is 66.8 Å². The third-order valence-corrected chi connectivity index (χ3v) is 8.31. The molecule has 5 rings (SSSR count).